The van der Waals surface area contributed by atoms with E-state index in [0.717, 1.165) is 31.8 Å². The highest BCUT2D eigenvalue weighted by molar-refractivity contribution is 8.14. The Bertz CT molecular complexity index is 1250. The minimum Gasteiger partial charge on any atom is -0.406 e. The summed E-state index contributed by atoms with van der Waals surface area (Å²) < 4.78 is 45.5. The third-order valence-corrected chi connectivity index (χ3v) is 8.33. The average Bonchev–Trinajstić information content (AvgIpc) is 3.33. The van der Waals surface area contributed by atoms with E-state index >= 15 is 0 Å². The molecule has 1 amide bonds. The Morgan fingerprint density at radius 2 is 1.78 bits per heavy atom. The van der Waals surface area contributed by atoms with Crippen molar-refractivity contribution in [3.63, 3.8) is 0 Å². The number of primary amides is 1. The summed E-state index contributed by atoms with van der Waals surface area (Å²) in [6.45, 7) is 2.26. The fourth-order valence-electron chi connectivity index (χ4n) is 3.36. The summed E-state index contributed by atoms with van der Waals surface area (Å²) in [6.07, 6.45) is -3.30. The molecule has 0 aliphatic rings. The monoisotopic (exact) mass is 551 g/mol. The lowest BCUT2D eigenvalue weighted by Crippen LogP contribution is -2.47. The Morgan fingerprint density at radius 1 is 1.11 bits per heavy atom. The van der Waals surface area contributed by atoms with Gasteiger partial charge in [0.2, 0.25) is 5.91 Å². The summed E-state index contributed by atoms with van der Waals surface area (Å²) in [7, 11) is -0.364. The van der Waals surface area contributed by atoms with Gasteiger partial charge in [-0.25, -0.2) is 5.84 Å². The lowest BCUT2D eigenvalue weighted by atomic mass is 10.0. The highest BCUT2D eigenvalue weighted by Crippen LogP contribution is 2.35. The Kier molecular flexibility index (Phi) is 9.75. The van der Waals surface area contributed by atoms with Crippen LogP contribution in [0, 0.1) is 0 Å². The van der Waals surface area contributed by atoms with Crippen molar-refractivity contribution < 1.29 is 22.7 Å². The molecule has 0 fully saturated rings. The number of rotatable bonds is 11. The molecule has 0 aliphatic carbocycles. The second-order valence-corrected chi connectivity index (χ2v) is 11.1. The number of benzene rings is 2. The first-order valence-corrected chi connectivity index (χ1v) is 13.2. The smallest absolute Gasteiger partial charge is 0.406 e. The maximum Gasteiger partial charge on any atom is 0.573 e. The van der Waals surface area contributed by atoms with Gasteiger partial charge in [-0.05, 0) is 47.7 Å². The molecule has 0 saturated heterocycles. The molecule has 3 rings (SSSR count). The van der Waals surface area contributed by atoms with E-state index in [1.54, 1.807) is 11.3 Å². The molecule has 2 atom stereocenters. The quantitative estimate of drug-likeness (QED) is 0.160. The van der Waals surface area contributed by atoms with E-state index in [4.69, 9.17) is 17.3 Å². The summed E-state index contributed by atoms with van der Waals surface area (Å²) >= 11 is 1.69. The fourth-order valence-corrected chi connectivity index (χ4v) is 6.27. The second-order valence-electron chi connectivity index (χ2n) is 7.84. The zero-order valence-corrected chi connectivity index (χ0v) is 21.6. The molecule has 0 radical (unpaired) electrons. The van der Waals surface area contributed by atoms with Crippen LogP contribution in [0.15, 0.2) is 82.8 Å². The van der Waals surface area contributed by atoms with Crippen LogP contribution in [0.5, 0.6) is 5.75 Å². The Balaban J connectivity index is 1.61. The van der Waals surface area contributed by atoms with Gasteiger partial charge in [0.1, 0.15) is 11.8 Å². The third-order valence-electron chi connectivity index (χ3n) is 5.11. The number of nitrogens with one attached hydrogen (secondary N) is 1. The summed E-state index contributed by atoms with van der Waals surface area (Å²) in [4.78, 5) is 13.2. The molecule has 3 aromatic rings. The van der Waals surface area contributed by atoms with Crippen LogP contribution in [0.2, 0.25) is 0 Å². The van der Waals surface area contributed by atoms with Crippen LogP contribution in [-0.2, 0) is 11.2 Å². The van der Waals surface area contributed by atoms with E-state index in [1.165, 1.54) is 18.3 Å². The highest BCUT2D eigenvalue weighted by atomic mass is 32.2. The number of nitrogens with two attached hydrogens (primary N) is 3. The molecule has 1 aromatic heterocycles. The predicted molar refractivity (Wildman–Crippen MR) is 143 cm³/mol. The molecule has 0 saturated carbocycles. The first kappa shape index (κ1) is 28.3. The van der Waals surface area contributed by atoms with Crippen LogP contribution in [-0.4, -0.2) is 35.2 Å². The van der Waals surface area contributed by atoms with E-state index in [0.29, 0.717) is 17.8 Å². The van der Waals surface area contributed by atoms with Crippen LogP contribution in [0.4, 0.5) is 13.2 Å². The number of thiophene rings is 1. The average molecular weight is 552 g/mol. The maximum atomic E-state index is 12.4. The van der Waals surface area contributed by atoms with Gasteiger partial charge in [-0.15, -0.1) is 24.5 Å². The van der Waals surface area contributed by atoms with Gasteiger partial charge in [0.05, 0.1) is 4.21 Å². The number of hydrogen-bond donors (Lipinski definition) is 4. The lowest BCUT2D eigenvalue weighted by molar-refractivity contribution is -0.274. The number of carbonyl (C=O) groups is 1. The Hall–Kier alpha value is -3.32. The van der Waals surface area contributed by atoms with Gasteiger partial charge in [-0.2, -0.15) is 0 Å². The molecule has 198 valence electrons. The van der Waals surface area contributed by atoms with E-state index in [9.17, 15) is 18.0 Å². The van der Waals surface area contributed by atoms with Crippen LogP contribution < -0.4 is 26.8 Å². The van der Waals surface area contributed by atoms with Crippen molar-refractivity contribution in [2.24, 2.45) is 17.3 Å². The maximum absolute atomic E-state index is 12.4. The van der Waals surface area contributed by atoms with Crippen LogP contribution in [0.3, 0.4) is 0 Å². The van der Waals surface area contributed by atoms with Crippen molar-refractivity contribution in [1.29, 1.82) is 0 Å². The number of carbonyl (C=O) groups excluding carboxylic acids is 1. The number of amides is 1. The van der Waals surface area contributed by atoms with Crippen molar-refractivity contribution in [1.82, 2.24) is 9.73 Å². The van der Waals surface area contributed by atoms with Crippen molar-refractivity contribution in [2.45, 2.75) is 30.0 Å². The van der Waals surface area contributed by atoms with E-state index in [1.807, 2.05) is 30.5 Å². The number of hydrogen-bond acceptors (Lipinski definition) is 7. The van der Waals surface area contributed by atoms with Crippen molar-refractivity contribution in [3.05, 3.63) is 84.2 Å². The first-order valence-electron chi connectivity index (χ1n) is 11.1. The van der Waals surface area contributed by atoms with Gasteiger partial charge in [0, 0.05) is 29.7 Å². The topological polar surface area (TPSA) is 120 Å². The zero-order valence-electron chi connectivity index (χ0n) is 19.9. The van der Waals surface area contributed by atoms with Crippen molar-refractivity contribution in [2.75, 3.05) is 6.54 Å². The Labute approximate surface area is 219 Å². The molecule has 37 heavy (non-hydrogen) atoms. The molecule has 1 unspecified atom stereocenters. The molecule has 7 nitrogen and oxygen atoms in total. The largest absolute Gasteiger partial charge is 0.573 e. The van der Waals surface area contributed by atoms with Gasteiger partial charge < -0.3 is 21.2 Å². The second kappa shape index (κ2) is 12.8. The van der Waals surface area contributed by atoms with Crippen LogP contribution >= 0.6 is 22.0 Å². The molecule has 12 heteroatoms. The first-order chi connectivity index (χ1) is 17.6. The van der Waals surface area contributed by atoms with E-state index in [-0.39, 0.29) is 22.8 Å². The van der Waals surface area contributed by atoms with Gasteiger partial charge >= 0.3 is 6.36 Å². The van der Waals surface area contributed by atoms with Gasteiger partial charge in [0.25, 0.3) is 0 Å². The third kappa shape index (κ3) is 8.64. The zero-order chi connectivity index (χ0) is 27.0. The molecule has 0 bridgehead atoms. The number of ether oxygens (including phenoxy) is 1. The van der Waals surface area contributed by atoms with E-state index in [2.05, 4.69) is 33.7 Å². The van der Waals surface area contributed by atoms with Gasteiger partial charge in [-0.3, -0.25) is 9.52 Å². The standard InChI is InChI=1S/C25H28F3N5O2S2/c1-2-37(23-13-12-22(36-23)18-6-4-3-5-7-18)32-15-19(29)16-33(31)21(24(30)34)14-17-8-10-20(11-9-17)35-25(26,27)28/h2-13,16,21,32H,14-15,29,31H2,1H3,(H2,30,34)/b19-16-/t21-,37?/m0/s1. The summed E-state index contributed by atoms with van der Waals surface area (Å²) in [6, 6.07) is 18.4. The fraction of sp³-hybridized carbons (Fsp3) is 0.200. The highest BCUT2D eigenvalue weighted by Gasteiger charge is 2.31. The molecular weight excluding hydrogens is 523 g/mol. The summed E-state index contributed by atoms with van der Waals surface area (Å²) in [5.41, 5.74) is 13.8. The molecule has 2 aromatic carbocycles. The SMILES string of the molecule is CC=S(NC/C(N)=C/N(N)[C@@H](Cc1ccc(OC(F)(F)F)cc1)C(N)=O)c1ccc(-c2ccccc2)s1. The van der Waals surface area contributed by atoms with Crippen molar-refractivity contribution in [3.8, 4) is 16.2 Å². The van der Waals surface area contributed by atoms with Crippen molar-refractivity contribution >= 4 is 33.3 Å². The number of hydrazine groups is 1. The molecule has 1 heterocycles. The molecule has 0 spiro atoms. The summed E-state index contributed by atoms with van der Waals surface area (Å²) in [5.74, 6) is 5.00. The lowest BCUT2D eigenvalue weighted by Gasteiger charge is -2.24. The van der Waals surface area contributed by atoms with Gasteiger partial charge in [-0.1, -0.05) is 53.1 Å². The minimum absolute atomic E-state index is 0.0694. The predicted octanol–water partition coefficient (Wildman–Crippen LogP) is 4.34. The van der Waals surface area contributed by atoms with Crippen LogP contribution in [0.25, 0.3) is 10.4 Å². The molecular formula is C25H28F3N5O2S2. The molecule has 0 aliphatic heterocycles. The summed E-state index contributed by atoms with van der Waals surface area (Å²) in [5, 5.41) is 3.17. The van der Waals surface area contributed by atoms with E-state index < -0.39 is 18.3 Å². The van der Waals surface area contributed by atoms with Gasteiger partial charge in [0.15, 0.2) is 0 Å². The molecule has 7 N–H and O–H groups in total. The normalized spacial score (nSPS) is 13.8. The van der Waals surface area contributed by atoms with Crippen LogP contribution in [0.1, 0.15) is 12.5 Å². The Morgan fingerprint density at radius 3 is 2.38 bits per heavy atom. The minimum atomic E-state index is -4.79. The number of nitrogens with zero attached hydrogens (tertiary/aromatic N) is 1. The number of alkyl halides is 3. The number of halogens is 3.